The number of carbonyl (C=O) groups is 2. The van der Waals surface area contributed by atoms with Crippen LogP contribution in [0, 0.1) is 5.82 Å². The predicted molar refractivity (Wildman–Crippen MR) is 112 cm³/mol. The van der Waals surface area contributed by atoms with Gasteiger partial charge in [-0.3, -0.25) is 9.59 Å². The van der Waals surface area contributed by atoms with E-state index in [2.05, 4.69) is 18.7 Å². The molecule has 0 aromatic heterocycles. The van der Waals surface area contributed by atoms with E-state index in [1.165, 1.54) is 17.9 Å². The Balaban J connectivity index is 2.16. The third-order valence-electron chi connectivity index (χ3n) is 5.41. The van der Waals surface area contributed by atoms with Crippen LogP contribution in [-0.4, -0.2) is 52.8 Å². The molecule has 0 bridgehead atoms. The average Bonchev–Trinajstić information content (AvgIpc) is 2.94. The van der Waals surface area contributed by atoms with E-state index in [1.807, 2.05) is 0 Å². The van der Waals surface area contributed by atoms with Crippen molar-refractivity contribution in [2.45, 2.75) is 58.9 Å². The summed E-state index contributed by atoms with van der Waals surface area (Å²) in [5, 5.41) is 10.3. The molecule has 160 valence electrons. The van der Waals surface area contributed by atoms with Gasteiger partial charge in [0.05, 0.1) is 11.6 Å². The van der Waals surface area contributed by atoms with Gasteiger partial charge in [-0.05, 0) is 51.9 Å². The zero-order chi connectivity index (χ0) is 21.4. The number of Topliss-reactive ketones (excluding diaryl/α,β-unsaturated/α-hetero) is 1. The largest absolute Gasteiger partial charge is 0.503 e. The monoisotopic (exact) mass is 404 g/mol. The molecule has 1 amide bonds. The molecule has 6 heteroatoms. The molecule has 1 aromatic rings. The van der Waals surface area contributed by atoms with E-state index in [0.717, 1.165) is 45.3 Å². The normalized spacial score (nSPS) is 16.9. The molecule has 1 heterocycles. The number of aliphatic hydroxyl groups excluding tert-OH is 1. The fourth-order valence-corrected chi connectivity index (χ4v) is 3.83. The third kappa shape index (κ3) is 5.66. The Bertz CT molecular complexity index is 739. The molecule has 0 saturated carbocycles. The second-order valence-electron chi connectivity index (χ2n) is 7.64. The predicted octanol–water partition coefficient (Wildman–Crippen LogP) is 4.40. The van der Waals surface area contributed by atoms with Gasteiger partial charge in [0.2, 0.25) is 0 Å². The Morgan fingerprint density at radius 2 is 1.69 bits per heavy atom. The number of halogens is 1. The van der Waals surface area contributed by atoms with Gasteiger partial charge in [0.25, 0.3) is 5.91 Å². The van der Waals surface area contributed by atoms with Crippen LogP contribution in [0.1, 0.15) is 64.5 Å². The number of ketones is 1. The fraction of sp³-hybridized carbons (Fsp3) is 0.565. The van der Waals surface area contributed by atoms with Crippen molar-refractivity contribution in [3.8, 4) is 0 Å². The van der Waals surface area contributed by atoms with Crippen molar-refractivity contribution in [3.05, 3.63) is 47.0 Å². The van der Waals surface area contributed by atoms with E-state index < -0.39 is 29.3 Å². The second kappa shape index (κ2) is 11.1. The molecule has 0 fully saturated rings. The molecule has 1 aliphatic heterocycles. The maximum atomic E-state index is 14.5. The number of benzene rings is 1. The molecule has 0 aliphatic carbocycles. The number of rotatable bonds is 12. The summed E-state index contributed by atoms with van der Waals surface area (Å²) in [6, 6.07) is 5.24. The number of carbonyl (C=O) groups excluding carboxylic acids is 2. The van der Waals surface area contributed by atoms with Crippen LogP contribution in [0.25, 0.3) is 0 Å². The van der Waals surface area contributed by atoms with Crippen molar-refractivity contribution in [2.24, 2.45) is 0 Å². The molecule has 0 radical (unpaired) electrons. The molecule has 2 rings (SSSR count). The molecule has 0 spiro atoms. The van der Waals surface area contributed by atoms with Gasteiger partial charge in [-0.25, -0.2) is 4.39 Å². The number of amides is 1. The number of unbranched alkanes of at least 4 members (excludes halogenated alkanes) is 2. The van der Waals surface area contributed by atoms with Gasteiger partial charge in [-0.2, -0.15) is 0 Å². The highest BCUT2D eigenvalue weighted by atomic mass is 19.1. The number of nitrogens with zero attached hydrogens (tertiary/aromatic N) is 2. The van der Waals surface area contributed by atoms with Crippen molar-refractivity contribution in [1.82, 2.24) is 9.80 Å². The van der Waals surface area contributed by atoms with Crippen LogP contribution < -0.4 is 0 Å². The summed E-state index contributed by atoms with van der Waals surface area (Å²) in [5.41, 5.74) is 0.220. The molecule has 0 unspecified atom stereocenters. The molecule has 29 heavy (non-hydrogen) atoms. The van der Waals surface area contributed by atoms with Gasteiger partial charge in [0, 0.05) is 12.1 Å². The maximum absolute atomic E-state index is 14.5. The zero-order valence-electron chi connectivity index (χ0n) is 17.8. The van der Waals surface area contributed by atoms with E-state index in [-0.39, 0.29) is 11.1 Å². The van der Waals surface area contributed by atoms with Crippen molar-refractivity contribution < 1.29 is 19.1 Å². The first-order chi connectivity index (χ1) is 13.9. The quantitative estimate of drug-likeness (QED) is 0.561. The van der Waals surface area contributed by atoms with Gasteiger partial charge in [-0.1, -0.05) is 44.9 Å². The Labute approximate surface area is 173 Å². The number of hydrogen-bond acceptors (Lipinski definition) is 4. The zero-order valence-corrected chi connectivity index (χ0v) is 17.8. The first-order valence-electron chi connectivity index (χ1n) is 10.6. The first-order valence-corrected chi connectivity index (χ1v) is 10.6. The molecule has 0 saturated heterocycles. The molecule has 1 aliphatic rings. The fourth-order valence-electron chi connectivity index (χ4n) is 3.83. The molecule has 5 nitrogen and oxygen atoms in total. The van der Waals surface area contributed by atoms with Crippen LogP contribution in [0.4, 0.5) is 4.39 Å². The SMILES string of the molecule is CCCCN(CCCC)CCCN1C(=O)C(O)=C(C(C)=O)[C@H]1c1ccccc1F. The lowest BCUT2D eigenvalue weighted by molar-refractivity contribution is -0.129. The summed E-state index contributed by atoms with van der Waals surface area (Å²) >= 11 is 0. The van der Waals surface area contributed by atoms with E-state index in [4.69, 9.17) is 0 Å². The Morgan fingerprint density at radius 3 is 2.24 bits per heavy atom. The summed E-state index contributed by atoms with van der Waals surface area (Å²) in [7, 11) is 0. The van der Waals surface area contributed by atoms with E-state index >= 15 is 0 Å². The van der Waals surface area contributed by atoms with Gasteiger partial charge >= 0.3 is 0 Å². The second-order valence-corrected chi connectivity index (χ2v) is 7.64. The minimum Gasteiger partial charge on any atom is -0.503 e. The summed E-state index contributed by atoms with van der Waals surface area (Å²) in [5.74, 6) is -2.06. The Morgan fingerprint density at radius 1 is 1.10 bits per heavy atom. The topological polar surface area (TPSA) is 60.9 Å². The minimum atomic E-state index is -0.874. The third-order valence-corrected chi connectivity index (χ3v) is 5.41. The standard InChI is InChI=1S/C23H33FN2O3/c1-4-6-13-25(14-7-5-2)15-10-16-26-21(18-11-8-9-12-19(18)24)20(17(3)27)22(28)23(26)29/h8-9,11-12,21,28H,4-7,10,13-16H2,1-3H3/t21-/m1/s1. The summed E-state index contributed by atoms with van der Waals surface area (Å²) < 4.78 is 14.5. The van der Waals surface area contributed by atoms with Crippen molar-refractivity contribution >= 4 is 11.7 Å². The molecular weight excluding hydrogens is 371 g/mol. The van der Waals surface area contributed by atoms with Crippen LogP contribution in [0.3, 0.4) is 0 Å². The summed E-state index contributed by atoms with van der Waals surface area (Å²) in [4.78, 5) is 28.6. The number of aliphatic hydroxyl groups is 1. The van der Waals surface area contributed by atoms with E-state index in [1.54, 1.807) is 18.2 Å². The molecule has 1 aromatic carbocycles. The van der Waals surface area contributed by atoms with Crippen LogP contribution in [0.5, 0.6) is 0 Å². The molecule has 1 N–H and O–H groups in total. The first kappa shape index (κ1) is 23.1. The van der Waals surface area contributed by atoms with E-state index in [0.29, 0.717) is 13.0 Å². The lowest BCUT2D eigenvalue weighted by Crippen LogP contribution is -2.35. The Hall–Kier alpha value is -2.21. The lowest BCUT2D eigenvalue weighted by atomic mass is 9.96. The lowest BCUT2D eigenvalue weighted by Gasteiger charge is -2.28. The summed E-state index contributed by atoms with van der Waals surface area (Å²) in [6.45, 7) is 8.84. The van der Waals surface area contributed by atoms with Gasteiger partial charge in [0.1, 0.15) is 5.82 Å². The minimum absolute atomic E-state index is 0.0195. The highest BCUT2D eigenvalue weighted by Crippen LogP contribution is 2.38. The Kier molecular flexibility index (Phi) is 8.83. The maximum Gasteiger partial charge on any atom is 0.290 e. The highest BCUT2D eigenvalue weighted by Gasteiger charge is 2.43. The van der Waals surface area contributed by atoms with E-state index in [9.17, 15) is 19.1 Å². The van der Waals surface area contributed by atoms with Gasteiger partial charge in [0.15, 0.2) is 11.5 Å². The number of hydrogen-bond donors (Lipinski definition) is 1. The van der Waals surface area contributed by atoms with Crippen LogP contribution in [-0.2, 0) is 9.59 Å². The van der Waals surface area contributed by atoms with Crippen molar-refractivity contribution in [1.29, 1.82) is 0 Å². The van der Waals surface area contributed by atoms with Crippen LogP contribution in [0.2, 0.25) is 0 Å². The molecule has 1 atom stereocenters. The van der Waals surface area contributed by atoms with Gasteiger partial charge in [-0.15, -0.1) is 0 Å². The van der Waals surface area contributed by atoms with Gasteiger partial charge < -0.3 is 14.9 Å². The van der Waals surface area contributed by atoms with Crippen LogP contribution >= 0.6 is 0 Å². The molecular formula is C23H33FN2O3. The average molecular weight is 405 g/mol. The van der Waals surface area contributed by atoms with Crippen LogP contribution in [0.15, 0.2) is 35.6 Å². The highest BCUT2D eigenvalue weighted by molar-refractivity contribution is 6.08. The smallest absolute Gasteiger partial charge is 0.290 e. The van der Waals surface area contributed by atoms with Crippen molar-refractivity contribution in [2.75, 3.05) is 26.2 Å². The van der Waals surface area contributed by atoms with Crippen molar-refractivity contribution in [3.63, 3.8) is 0 Å². The summed E-state index contributed by atoms with van der Waals surface area (Å²) in [6.07, 6.45) is 5.20.